The zero-order chi connectivity index (χ0) is 19.6. The number of fused-ring (bicyclic) bond motifs is 2. The van der Waals surface area contributed by atoms with Crippen LogP contribution in [0, 0.1) is 17.8 Å². The van der Waals surface area contributed by atoms with Gasteiger partial charge in [-0.15, -0.1) is 0 Å². The first-order valence-corrected chi connectivity index (χ1v) is 10.1. The maximum atomic E-state index is 12.8. The molecule has 0 radical (unpaired) electrons. The van der Waals surface area contributed by atoms with Crippen molar-refractivity contribution in [3.63, 3.8) is 0 Å². The van der Waals surface area contributed by atoms with Gasteiger partial charge in [-0.3, -0.25) is 4.79 Å². The molecule has 150 valence electrons. The summed E-state index contributed by atoms with van der Waals surface area (Å²) in [6.45, 7) is 4.87. The van der Waals surface area contributed by atoms with E-state index in [1.54, 1.807) is 14.2 Å². The first kappa shape index (κ1) is 20.0. The molecule has 0 spiro atoms. The molecule has 5 nitrogen and oxygen atoms in total. The number of nitrogens with two attached hydrogens (primary N) is 1. The van der Waals surface area contributed by atoms with Crippen LogP contribution in [0.15, 0.2) is 18.2 Å². The van der Waals surface area contributed by atoms with Gasteiger partial charge in [0.15, 0.2) is 11.5 Å². The van der Waals surface area contributed by atoms with Crippen molar-refractivity contribution in [1.29, 1.82) is 0 Å². The molecular formula is C22H34N2O3. The fourth-order valence-corrected chi connectivity index (χ4v) is 4.81. The Labute approximate surface area is 163 Å². The first-order valence-electron chi connectivity index (χ1n) is 10.1. The fraction of sp³-hybridized carbons (Fsp3) is 0.682. The number of nitrogens with one attached hydrogen (secondary N) is 1. The van der Waals surface area contributed by atoms with Crippen molar-refractivity contribution < 1.29 is 14.3 Å². The molecule has 2 aliphatic rings. The lowest BCUT2D eigenvalue weighted by atomic mass is 9.65. The lowest BCUT2D eigenvalue weighted by Gasteiger charge is -2.43. The van der Waals surface area contributed by atoms with Gasteiger partial charge in [0.25, 0.3) is 0 Å². The quantitative estimate of drug-likeness (QED) is 0.802. The molecular weight excluding hydrogens is 340 g/mol. The van der Waals surface area contributed by atoms with Gasteiger partial charge in [-0.05, 0) is 55.2 Å². The average molecular weight is 375 g/mol. The van der Waals surface area contributed by atoms with Gasteiger partial charge in [0.1, 0.15) is 0 Å². The van der Waals surface area contributed by atoms with Gasteiger partial charge in [0.05, 0.1) is 14.2 Å². The predicted octanol–water partition coefficient (Wildman–Crippen LogP) is 3.25. The second-order valence-electron chi connectivity index (χ2n) is 8.87. The molecule has 0 saturated heterocycles. The van der Waals surface area contributed by atoms with Crippen molar-refractivity contribution >= 4 is 5.91 Å². The molecule has 0 heterocycles. The third kappa shape index (κ3) is 4.23. The Bertz CT molecular complexity index is 660. The number of carbonyl (C=O) groups excluding carboxylic acids is 1. The maximum absolute atomic E-state index is 12.8. The van der Waals surface area contributed by atoms with Crippen molar-refractivity contribution in [3.05, 3.63) is 23.8 Å². The summed E-state index contributed by atoms with van der Waals surface area (Å²) in [4.78, 5) is 12.8. The average Bonchev–Trinajstić information content (AvgIpc) is 2.65. The molecule has 3 rings (SSSR count). The number of methoxy groups -OCH3 is 2. The molecule has 3 N–H and O–H groups in total. The van der Waals surface area contributed by atoms with Crippen LogP contribution in [0.4, 0.5) is 0 Å². The van der Waals surface area contributed by atoms with Crippen molar-refractivity contribution in [2.24, 2.45) is 23.5 Å². The van der Waals surface area contributed by atoms with Gasteiger partial charge < -0.3 is 20.5 Å². The standard InChI is InChI=1S/C22H34N2O3/c1-22(2,17-8-9-18(26-3)19(12-17)27-4)13-24-21(25)16-10-14-6-5-7-15(11-16)20(14)23/h8-9,12,14-16,20H,5-7,10-11,13,23H2,1-4H3,(H,24,25). The molecule has 2 fully saturated rings. The monoisotopic (exact) mass is 374 g/mol. The van der Waals surface area contributed by atoms with Crippen molar-refractivity contribution in [1.82, 2.24) is 5.32 Å². The highest BCUT2D eigenvalue weighted by Crippen LogP contribution is 2.42. The van der Waals surface area contributed by atoms with E-state index < -0.39 is 0 Å². The van der Waals surface area contributed by atoms with Crippen molar-refractivity contribution in [2.75, 3.05) is 20.8 Å². The van der Waals surface area contributed by atoms with Gasteiger partial charge in [-0.2, -0.15) is 0 Å². The first-order chi connectivity index (χ1) is 12.9. The van der Waals surface area contributed by atoms with Crippen LogP contribution >= 0.6 is 0 Å². The largest absolute Gasteiger partial charge is 0.493 e. The predicted molar refractivity (Wildman–Crippen MR) is 107 cm³/mol. The van der Waals surface area contributed by atoms with E-state index in [4.69, 9.17) is 15.2 Å². The minimum Gasteiger partial charge on any atom is -0.493 e. The Morgan fingerprint density at radius 1 is 1.15 bits per heavy atom. The summed E-state index contributed by atoms with van der Waals surface area (Å²) in [5.41, 5.74) is 7.28. The SMILES string of the molecule is COc1ccc(C(C)(C)CNC(=O)C2CC3CCCC(C2)C3N)cc1OC. The van der Waals surface area contributed by atoms with Crippen molar-refractivity contribution in [3.8, 4) is 11.5 Å². The minimum absolute atomic E-state index is 0.112. The van der Waals surface area contributed by atoms with E-state index in [0.29, 0.717) is 35.9 Å². The highest BCUT2D eigenvalue weighted by Gasteiger charge is 2.40. The zero-order valence-electron chi connectivity index (χ0n) is 17.1. The summed E-state index contributed by atoms with van der Waals surface area (Å²) in [6, 6.07) is 6.25. The summed E-state index contributed by atoms with van der Waals surface area (Å²) < 4.78 is 10.7. The third-order valence-corrected chi connectivity index (χ3v) is 6.65. The summed E-state index contributed by atoms with van der Waals surface area (Å²) in [5.74, 6) is 2.77. The van der Waals surface area contributed by atoms with Crippen LogP contribution in [0.5, 0.6) is 11.5 Å². The number of rotatable bonds is 6. The molecule has 27 heavy (non-hydrogen) atoms. The van der Waals surface area contributed by atoms with Crippen LogP contribution in [0.25, 0.3) is 0 Å². The molecule has 1 amide bonds. The summed E-state index contributed by atoms with van der Waals surface area (Å²) in [5, 5.41) is 3.21. The van der Waals surface area contributed by atoms with Gasteiger partial charge in [0, 0.05) is 23.9 Å². The Kier molecular flexibility index (Phi) is 5.99. The molecule has 2 bridgehead atoms. The second kappa shape index (κ2) is 8.09. The van der Waals surface area contributed by atoms with E-state index in [2.05, 4.69) is 19.2 Å². The Balaban J connectivity index is 1.62. The normalized spacial score (nSPS) is 27.7. The van der Waals surface area contributed by atoms with E-state index in [1.165, 1.54) is 19.3 Å². The lowest BCUT2D eigenvalue weighted by molar-refractivity contribution is -0.128. The number of carbonyl (C=O) groups is 1. The number of benzene rings is 1. The smallest absolute Gasteiger partial charge is 0.223 e. The summed E-state index contributed by atoms with van der Waals surface area (Å²) >= 11 is 0. The van der Waals surface area contributed by atoms with E-state index in [-0.39, 0.29) is 17.2 Å². The third-order valence-electron chi connectivity index (χ3n) is 6.65. The van der Waals surface area contributed by atoms with Gasteiger partial charge in [0.2, 0.25) is 5.91 Å². The number of hydrogen-bond acceptors (Lipinski definition) is 4. The Hall–Kier alpha value is -1.75. The topological polar surface area (TPSA) is 73.6 Å². The molecule has 1 aromatic rings. The van der Waals surface area contributed by atoms with Crippen LogP contribution < -0.4 is 20.5 Å². The van der Waals surface area contributed by atoms with Gasteiger partial charge in [-0.25, -0.2) is 0 Å². The Morgan fingerprint density at radius 3 is 2.37 bits per heavy atom. The van der Waals surface area contributed by atoms with Crippen LogP contribution in [-0.4, -0.2) is 32.7 Å². The molecule has 5 heteroatoms. The molecule has 0 aromatic heterocycles. The highest BCUT2D eigenvalue weighted by molar-refractivity contribution is 5.79. The number of amides is 1. The molecule has 2 atom stereocenters. The molecule has 2 aliphatic carbocycles. The second-order valence-corrected chi connectivity index (χ2v) is 8.87. The van der Waals surface area contributed by atoms with Crippen LogP contribution in [0.1, 0.15) is 51.5 Å². The number of ether oxygens (including phenoxy) is 2. The summed E-state index contributed by atoms with van der Waals surface area (Å²) in [6.07, 6.45) is 5.52. The minimum atomic E-state index is -0.198. The van der Waals surface area contributed by atoms with Crippen LogP contribution in [-0.2, 0) is 10.2 Å². The number of hydrogen-bond donors (Lipinski definition) is 2. The van der Waals surface area contributed by atoms with Gasteiger partial charge >= 0.3 is 0 Å². The molecule has 0 aliphatic heterocycles. The molecule has 1 aromatic carbocycles. The molecule has 2 unspecified atom stereocenters. The maximum Gasteiger partial charge on any atom is 0.223 e. The van der Waals surface area contributed by atoms with E-state index in [1.807, 2.05) is 18.2 Å². The summed E-state index contributed by atoms with van der Waals surface area (Å²) in [7, 11) is 3.27. The van der Waals surface area contributed by atoms with E-state index >= 15 is 0 Å². The highest BCUT2D eigenvalue weighted by atomic mass is 16.5. The van der Waals surface area contributed by atoms with Crippen LogP contribution in [0.2, 0.25) is 0 Å². The van der Waals surface area contributed by atoms with Crippen LogP contribution in [0.3, 0.4) is 0 Å². The Morgan fingerprint density at radius 2 is 1.78 bits per heavy atom. The fourth-order valence-electron chi connectivity index (χ4n) is 4.81. The van der Waals surface area contributed by atoms with Gasteiger partial charge in [-0.1, -0.05) is 26.3 Å². The molecule has 2 saturated carbocycles. The van der Waals surface area contributed by atoms with Crippen molar-refractivity contribution in [2.45, 2.75) is 57.4 Å². The van der Waals surface area contributed by atoms with E-state index in [0.717, 1.165) is 18.4 Å². The lowest BCUT2D eigenvalue weighted by Crippen LogP contribution is -2.50. The van der Waals surface area contributed by atoms with E-state index in [9.17, 15) is 4.79 Å². The zero-order valence-corrected chi connectivity index (χ0v) is 17.1.